The molecular formula is C15H16IN7O3S2. The van der Waals surface area contributed by atoms with Crippen molar-refractivity contribution in [3.63, 3.8) is 0 Å². The molecule has 0 spiro atoms. The summed E-state index contributed by atoms with van der Waals surface area (Å²) in [6.45, 7) is 4.10. The Morgan fingerprint density at radius 3 is 2.71 bits per heavy atom. The zero-order valence-electron chi connectivity index (χ0n) is 14.9. The van der Waals surface area contributed by atoms with Gasteiger partial charge in [0, 0.05) is 18.5 Å². The van der Waals surface area contributed by atoms with Gasteiger partial charge in [-0.1, -0.05) is 0 Å². The van der Waals surface area contributed by atoms with E-state index < -0.39 is 10.0 Å². The number of nitrogens with two attached hydrogens (primary N) is 1. The minimum atomic E-state index is -3.65. The van der Waals surface area contributed by atoms with Crippen LogP contribution in [0.4, 0.5) is 5.69 Å². The van der Waals surface area contributed by atoms with Gasteiger partial charge >= 0.3 is 0 Å². The smallest absolute Gasteiger partial charge is 0.263 e. The van der Waals surface area contributed by atoms with Crippen LogP contribution in [0.25, 0.3) is 10.2 Å². The molecule has 4 rings (SSSR count). The number of fused-ring (bicyclic) bond motifs is 1. The van der Waals surface area contributed by atoms with E-state index in [9.17, 15) is 13.2 Å². The monoisotopic (exact) mass is 533 g/mol. The summed E-state index contributed by atoms with van der Waals surface area (Å²) in [6, 6.07) is -0.289. The number of nitrogens with one attached hydrogen (secondary N) is 1. The Morgan fingerprint density at radius 1 is 1.36 bits per heavy atom. The first-order chi connectivity index (χ1) is 13.2. The number of nitrogens with zero attached hydrogens (tertiary/aromatic N) is 5. The van der Waals surface area contributed by atoms with E-state index in [1.54, 1.807) is 2.78 Å². The van der Waals surface area contributed by atoms with Crippen molar-refractivity contribution in [2.45, 2.75) is 24.9 Å². The Labute approximate surface area is 178 Å². The van der Waals surface area contributed by atoms with Crippen LogP contribution in [0.1, 0.15) is 20.9 Å². The second-order valence-electron chi connectivity index (χ2n) is 6.48. The number of amides is 1. The number of anilines is 1. The normalized spacial score (nSPS) is 15.7. The van der Waals surface area contributed by atoms with Crippen molar-refractivity contribution in [3.8, 4) is 0 Å². The molecule has 4 heterocycles. The zero-order valence-corrected chi connectivity index (χ0v) is 18.7. The fraction of sp³-hybridized carbons (Fsp3) is 0.333. The fourth-order valence-corrected chi connectivity index (χ4v) is 5.96. The molecule has 28 heavy (non-hydrogen) atoms. The third kappa shape index (κ3) is 3.15. The van der Waals surface area contributed by atoms with E-state index in [2.05, 4.69) is 20.5 Å². The van der Waals surface area contributed by atoms with Gasteiger partial charge in [0.1, 0.15) is 16.0 Å². The predicted molar refractivity (Wildman–Crippen MR) is 113 cm³/mol. The minimum Gasteiger partial charge on any atom is -0.397 e. The molecule has 1 saturated heterocycles. The van der Waals surface area contributed by atoms with Crippen molar-refractivity contribution in [3.05, 3.63) is 28.7 Å². The summed E-state index contributed by atoms with van der Waals surface area (Å²) in [5.74, 6) is -0.337. The van der Waals surface area contributed by atoms with Crippen molar-refractivity contribution >= 4 is 66.0 Å². The van der Waals surface area contributed by atoms with E-state index in [0.717, 1.165) is 16.6 Å². The molecule has 0 saturated carbocycles. The Kier molecular flexibility index (Phi) is 4.79. The molecule has 0 atom stereocenters. The van der Waals surface area contributed by atoms with Crippen LogP contribution in [-0.4, -0.2) is 55.7 Å². The molecule has 13 heteroatoms. The average molecular weight is 533 g/mol. The molecular weight excluding hydrogens is 517 g/mol. The van der Waals surface area contributed by atoms with Crippen molar-refractivity contribution < 1.29 is 13.2 Å². The van der Waals surface area contributed by atoms with Gasteiger partial charge in [-0.2, -0.15) is 9.40 Å². The molecule has 1 fully saturated rings. The van der Waals surface area contributed by atoms with E-state index in [1.165, 1.54) is 28.2 Å². The number of thiophene rings is 1. The largest absolute Gasteiger partial charge is 0.397 e. The molecule has 0 unspecified atom stereocenters. The first-order valence-corrected chi connectivity index (χ1v) is 11.4. The molecule has 1 aliphatic heterocycles. The molecule has 3 aromatic heterocycles. The van der Waals surface area contributed by atoms with Crippen LogP contribution in [-0.2, 0) is 10.0 Å². The third-order valence-electron chi connectivity index (χ3n) is 4.66. The molecule has 1 aliphatic rings. The quantitative estimate of drug-likeness (QED) is 0.480. The minimum absolute atomic E-state index is 0.00940. The molecule has 0 bridgehead atoms. The number of imidazole rings is 1. The molecule has 0 radical (unpaired) electrons. The van der Waals surface area contributed by atoms with Crippen molar-refractivity contribution in [2.75, 3.05) is 18.8 Å². The standard InChI is InChI=1S/C15H16IN7O3S2/c1-7-8(2)20-21-15-11(7)12(17)13(27-15)14(24)19-9-3-23(4-9)28(25,26)10-5-22(16)6-18-10/h5-6,9H,3-4,17H2,1-2H3,(H,19,24). The molecule has 3 aromatic rings. The number of carbonyl (C=O) groups excluding carboxylic acids is 1. The lowest BCUT2D eigenvalue weighted by Gasteiger charge is -2.37. The van der Waals surface area contributed by atoms with Crippen molar-refractivity contribution in [1.29, 1.82) is 0 Å². The SMILES string of the molecule is Cc1nnc2sc(C(=O)NC3CN(S(=O)(=O)c4cn(I)cn4)C3)c(N)c2c1C. The van der Waals surface area contributed by atoms with Crippen LogP contribution in [0.5, 0.6) is 0 Å². The zero-order chi connectivity index (χ0) is 20.2. The van der Waals surface area contributed by atoms with Gasteiger partial charge in [-0.3, -0.25) is 7.58 Å². The number of aromatic nitrogens is 4. The number of hydrogen-bond acceptors (Lipinski definition) is 8. The highest BCUT2D eigenvalue weighted by Crippen LogP contribution is 2.35. The second kappa shape index (κ2) is 6.89. The van der Waals surface area contributed by atoms with Gasteiger partial charge < -0.3 is 11.1 Å². The lowest BCUT2D eigenvalue weighted by Crippen LogP contribution is -2.60. The van der Waals surface area contributed by atoms with E-state index in [-0.39, 0.29) is 30.1 Å². The maximum Gasteiger partial charge on any atom is 0.263 e. The van der Waals surface area contributed by atoms with Crippen LogP contribution in [0.3, 0.4) is 0 Å². The summed E-state index contributed by atoms with van der Waals surface area (Å²) < 4.78 is 27.8. The number of hydrogen-bond donors (Lipinski definition) is 2. The van der Waals surface area contributed by atoms with Gasteiger partial charge in [0.15, 0.2) is 5.03 Å². The maximum absolute atomic E-state index is 12.7. The number of carbonyl (C=O) groups is 1. The highest BCUT2D eigenvalue weighted by Gasteiger charge is 2.39. The van der Waals surface area contributed by atoms with Gasteiger partial charge in [0.05, 0.1) is 46.5 Å². The lowest BCUT2D eigenvalue weighted by atomic mass is 10.1. The topological polar surface area (TPSA) is 136 Å². The Morgan fingerprint density at radius 2 is 2.07 bits per heavy atom. The number of aryl methyl sites for hydroxylation is 2. The number of sulfonamides is 1. The lowest BCUT2D eigenvalue weighted by molar-refractivity contribution is 0.0900. The van der Waals surface area contributed by atoms with Gasteiger partial charge in [-0.25, -0.2) is 13.4 Å². The fourth-order valence-electron chi connectivity index (χ4n) is 2.94. The third-order valence-corrected chi connectivity index (χ3v) is 7.99. The van der Waals surface area contributed by atoms with E-state index in [4.69, 9.17) is 5.73 Å². The average Bonchev–Trinajstić information content (AvgIpc) is 3.18. The number of nitrogen functional groups attached to an aromatic ring is 1. The predicted octanol–water partition coefficient (Wildman–Crippen LogP) is 1.09. The highest BCUT2D eigenvalue weighted by molar-refractivity contribution is 14.1. The Balaban J connectivity index is 1.47. The van der Waals surface area contributed by atoms with E-state index >= 15 is 0 Å². The molecule has 10 nitrogen and oxygen atoms in total. The maximum atomic E-state index is 12.7. The summed E-state index contributed by atoms with van der Waals surface area (Å²) in [6.07, 6.45) is 2.86. The summed E-state index contributed by atoms with van der Waals surface area (Å²) in [7, 11) is -3.65. The first-order valence-electron chi connectivity index (χ1n) is 8.21. The van der Waals surface area contributed by atoms with Crippen LogP contribution >= 0.6 is 34.2 Å². The van der Waals surface area contributed by atoms with Gasteiger partial charge in [0.25, 0.3) is 15.9 Å². The van der Waals surface area contributed by atoms with E-state index in [0.29, 0.717) is 15.4 Å². The molecule has 148 valence electrons. The number of rotatable bonds is 4. The van der Waals surface area contributed by atoms with Crippen molar-refractivity contribution in [2.24, 2.45) is 0 Å². The van der Waals surface area contributed by atoms with Crippen LogP contribution < -0.4 is 11.1 Å². The Bertz CT molecular complexity index is 1200. The van der Waals surface area contributed by atoms with Gasteiger partial charge in [-0.05, 0) is 19.4 Å². The van der Waals surface area contributed by atoms with Crippen molar-refractivity contribution in [1.82, 2.24) is 27.6 Å². The molecule has 1 amide bonds. The molecule has 0 aliphatic carbocycles. The highest BCUT2D eigenvalue weighted by atomic mass is 127. The molecule has 3 N–H and O–H groups in total. The first kappa shape index (κ1) is 19.5. The summed E-state index contributed by atoms with van der Waals surface area (Å²) in [5, 5.41) is 11.8. The summed E-state index contributed by atoms with van der Waals surface area (Å²) in [4.78, 5) is 17.5. The van der Waals surface area contributed by atoms with Gasteiger partial charge in [0.2, 0.25) is 0 Å². The summed E-state index contributed by atoms with van der Waals surface area (Å²) in [5.41, 5.74) is 8.22. The van der Waals surface area contributed by atoms with Crippen LogP contribution in [0.2, 0.25) is 0 Å². The second-order valence-corrected chi connectivity index (χ2v) is 10.5. The van der Waals surface area contributed by atoms with Crippen LogP contribution in [0.15, 0.2) is 17.6 Å². The number of halogens is 1. The Hall–Kier alpha value is -1.84. The summed E-state index contributed by atoms with van der Waals surface area (Å²) >= 11 is 3.11. The van der Waals surface area contributed by atoms with Gasteiger partial charge in [-0.15, -0.1) is 16.4 Å². The van der Waals surface area contributed by atoms with E-state index in [1.807, 2.05) is 36.7 Å². The molecule has 0 aromatic carbocycles. The van der Waals surface area contributed by atoms with Crippen LogP contribution in [0, 0.1) is 13.8 Å².